The van der Waals surface area contributed by atoms with Gasteiger partial charge in [-0.3, -0.25) is 0 Å². The summed E-state index contributed by atoms with van der Waals surface area (Å²) < 4.78 is 11.1. The summed E-state index contributed by atoms with van der Waals surface area (Å²) in [6.45, 7) is 2.28. The van der Waals surface area contributed by atoms with Gasteiger partial charge in [0.15, 0.2) is 11.5 Å². The number of ether oxygens (including phenoxy) is 2. The summed E-state index contributed by atoms with van der Waals surface area (Å²) in [6.07, 6.45) is 0.241. The third-order valence-electron chi connectivity index (χ3n) is 3.00. The molecular formula is C17H20O3. The van der Waals surface area contributed by atoms with Crippen LogP contribution in [0.5, 0.6) is 11.5 Å². The minimum absolute atomic E-state index is 0.365. The first-order chi connectivity index (χ1) is 9.69. The van der Waals surface area contributed by atoms with E-state index in [0.29, 0.717) is 24.5 Å². The second kappa shape index (κ2) is 6.96. The summed E-state index contributed by atoms with van der Waals surface area (Å²) in [5, 5.41) is 9.42. The van der Waals surface area contributed by atoms with Crippen molar-refractivity contribution in [3.63, 3.8) is 0 Å². The predicted octanol–water partition coefficient (Wildman–Crippen LogP) is 3.20. The van der Waals surface area contributed by atoms with Crippen LogP contribution in [0.15, 0.2) is 48.5 Å². The zero-order chi connectivity index (χ0) is 14.4. The second-order valence-corrected chi connectivity index (χ2v) is 4.81. The van der Waals surface area contributed by atoms with Gasteiger partial charge in [0.25, 0.3) is 0 Å². The van der Waals surface area contributed by atoms with Gasteiger partial charge in [-0.05, 0) is 36.6 Å². The first-order valence-electron chi connectivity index (χ1n) is 6.70. The average Bonchev–Trinajstić information content (AvgIpc) is 2.46. The zero-order valence-electron chi connectivity index (χ0n) is 11.9. The lowest BCUT2D eigenvalue weighted by atomic mass is 10.1. The van der Waals surface area contributed by atoms with Gasteiger partial charge in [-0.15, -0.1) is 0 Å². The van der Waals surface area contributed by atoms with Gasteiger partial charge in [0.05, 0.1) is 13.2 Å². The Hall–Kier alpha value is -2.00. The molecule has 0 fully saturated rings. The van der Waals surface area contributed by atoms with Crippen LogP contribution in [0.3, 0.4) is 0 Å². The number of benzene rings is 2. The molecule has 20 heavy (non-hydrogen) atoms. The molecule has 2 aromatic carbocycles. The standard InChI is InChI=1S/C17H20O3/c1-13(18)10-15-8-9-16(17(11-15)19-2)20-12-14-6-4-3-5-7-14/h3-9,11,13,18H,10,12H2,1-2H3. The van der Waals surface area contributed by atoms with Crippen LogP contribution < -0.4 is 9.47 Å². The van der Waals surface area contributed by atoms with Crippen molar-refractivity contribution in [2.45, 2.75) is 26.1 Å². The number of aliphatic hydroxyl groups is 1. The molecule has 0 aliphatic carbocycles. The van der Waals surface area contributed by atoms with Crippen molar-refractivity contribution in [2.24, 2.45) is 0 Å². The molecule has 1 N–H and O–H groups in total. The number of hydrogen-bond donors (Lipinski definition) is 1. The largest absolute Gasteiger partial charge is 0.493 e. The number of aliphatic hydroxyl groups excluding tert-OH is 1. The van der Waals surface area contributed by atoms with E-state index in [2.05, 4.69) is 0 Å². The minimum atomic E-state index is -0.365. The van der Waals surface area contributed by atoms with E-state index in [0.717, 1.165) is 11.1 Å². The maximum atomic E-state index is 9.42. The van der Waals surface area contributed by atoms with Gasteiger partial charge in [0.1, 0.15) is 6.61 Å². The highest BCUT2D eigenvalue weighted by molar-refractivity contribution is 5.43. The topological polar surface area (TPSA) is 38.7 Å². The summed E-state index contributed by atoms with van der Waals surface area (Å²) in [4.78, 5) is 0. The van der Waals surface area contributed by atoms with E-state index >= 15 is 0 Å². The Morgan fingerprint density at radius 2 is 1.75 bits per heavy atom. The Morgan fingerprint density at radius 3 is 2.40 bits per heavy atom. The molecule has 2 rings (SSSR count). The molecule has 0 saturated heterocycles. The van der Waals surface area contributed by atoms with Gasteiger partial charge in [0.2, 0.25) is 0 Å². The zero-order valence-corrected chi connectivity index (χ0v) is 11.9. The molecular weight excluding hydrogens is 252 g/mol. The van der Waals surface area contributed by atoms with E-state index in [1.807, 2.05) is 48.5 Å². The summed E-state index contributed by atoms with van der Waals surface area (Å²) in [7, 11) is 1.62. The van der Waals surface area contributed by atoms with Crippen molar-refractivity contribution < 1.29 is 14.6 Å². The fourth-order valence-electron chi connectivity index (χ4n) is 2.03. The lowest BCUT2D eigenvalue weighted by molar-refractivity contribution is 0.195. The van der Waals surface area contributed by atoms with E-state index < -0.39 is 0 Å². The van der Waals surface area contributed by atoms with Gasteiger partial charge in [-0.25, -0.2) is 0 Å². The van der Waals surface area contributed by atoms with Crippen LogP contribution in [0.4, 0.5) is 0 Å². The Labute approximate surface area is 119 Å². The van der Waals surface area contributed by atoms with Crippen LogP contribution in [0.1, 0.15) is 18.1 Å². The molecule has 0 saturated carbocycles. The molecule has 0 radical (unpaired) electrons. The Bertz CT molecular complexity index is 535. The first-order valence-corrected chi connectivity index (χ1v) is 6.70. The van der Waals surface area contributed by atoms with Crippen molar-refractivity contribution in [3.05, 3.63) is 59.7 Å². The maximum absolute atomic E-state index is 9.42. The van der Waals surface area contributed by atoms with Gasteiger partial charge >= 0.3 is 0 Å². The van der Waals surface area contributed by atoms with Gasteiger partial charge in [-0.1, -0.05) is 36.4 Å². The smallest absolute Gasteiger partial charge is 0.161 e. The van der Waals surface area contributed by atoms with E-state index in [-0.39, 0.29) is 6.10 Å². The molecule has 0 aromatic heterocycles. The van der Waals surface area contributed by atoms with Gasteiger partial charge in [0, 0.05) is 0 Å². The van der Waals surface area contributed by atoms with Gasteiger partial charge in [-0.2, -0.15) is 0 Å². The van der Waals surface area contributed by atoms with Crippen molar-refractivity contribution in [1.82, 2.24) is 0 Å². The molecule has 1 unspecified atom stereocenters. The highest BCUT2D eigenvalue weighted by Crippen LogP contribution is 2.29. The van der Waals surface area contributed by atoms with Crippen LogP contribution in [0.2, 0.25) is 0 Å². The van der Waals surface area contributed by atoms with Crippen molar-refractivity contribution in [3.8, 4) is 11.5 Å². The van der Waals surface area contributed by atoms with E-state index in [9.17, 15) is 5.11 Å². The van der Waals surface area contributed by atoms with Crippen LogP contribution in [0.25, 0.3) is 0 Å². The van der Waals surface area contributed by atoms with E-state index in [1.54, 1.807) is 14.0 Å². The third-order valence-corrected chi connectivity index (χ3v) is 3.00. The maximum Gasteiger partial charge on any atom is 0.161 e. The lowest BCUT2D eigenvalue weighted by Gasteiger charge is -2.13. The first kappa shape index (κ1) is 14.4. The normalized spacial score (nSPS) is 11.9. The number of rotatable bonds is 6. The fourth-order valence-corrected chi connectivity index (χ4v) is 2.03. The SMILES string of the molecule is COc1cc(CC(C)O)ccc1OCc1ccccc1. The van der Waals surface area contributed by atoms with Gasteiger partial charge < -0.3 is 14.6 Å². The average molecular weight is 272 g/mol. The molecule has 1 atom stereocenters. The number of hydrogen-bond acceptors (Lipinski definition) is 3. The quantitative estimate of drug-likeness (QED) is 0.877. The molecule has 3 nitrogen and oxygen atoms in total. The summed E-state index contributed by atoms with van der Waals surface area (Å²) in [5.74, 6) is 1.41. The Kier molecular flexibility index (Phi) is 5.02. The Morgan fingerprint density at radius 1 is 1.00 bits per heavy atom. The molecule has 0 amide bonds. The Balaban J connectivity index is 2.07. The highest BCUT2D eigenvalue weighted by Gasteiger charge is 2.07. The van der Waals surface area contributed by atoms with Crippen molar-refractivity contribution >= 4 is 0 Å². The summed E-state index contributed by atoms with van der Waals surface area (Å²) in [5.41, 5.74) is 2.14. The molecule has 2 aromatic rings. The number of methoxy groups -OCH3 is 1. The molecule has 0 aliphatic rings. The monoisotopic (exact) mass is 272 g/mol. The minimum Gasteiger partial charge on any atom is -0.493 e. The van der Waals surface area contributed by atoms with Crippen LogP contribution >= 0.6 is 0 Å². The van der Waals surface area contributed by atoms with E-state index in [4.69, 9.17) is 9.47 Å². The predicted molar refractivity (Wildman–Crippen MR) is 79.2 cm³/mol. The molecule has 106 valence electrons. The molecule has 0 aliphatic heterocycles. The molecule has 0 bridgehead atoms. The van der Waals surface area contributed by atoms with Crippen LogP contribution in [-0.2, 0) is 13.0 Å². The van der Waals surface area contributed by atoms with Crippen molar-refractivity contribution in [2.75, 3.05) is 7.11 Å². The highest BCUT2D eigenvalue weighted by atomic mass is 16.5. The molecule has 0 spiro atoms. The molecule has 0 heterocycles. The van der Waals surface area contributed by atoms with E-state index in [1.165, 1.54) is 0 Å². The van der Waals surface area contributed by atoms with Crippen molar-refractivity contribution in [1.29, 1.82) is 0 Å². The summed E-state index contributed by atoms with van der Waals surface area (Å²) >= 11 is 0. The van der Waals surface area contributed by atoms with Crippen LogP contribution in [-0.4, -0.2) is 18.3 Å². The second-order valence-electron chi connectivity index (χ2n) is 4.81. The summed E-state index contributed by atoms with van der Waals surface area (Å²) in [6, 6.07) is 15.8. The fraction of sp³-hybridized carbons (Fsp3) is 0.294. The van der Waals surface area contributed by atoms with Crippen LogP contribution in [0, 0.1) is 0 Å². The third kappa shape index (κ3) is 4.00. The lowest BCUT2D eigenvalue weighted by Crippen LogP contribution is -2.05. The molecule has 3 heteroatoms.